The lowest BCUT2D eigenvalue weighted by atomic mass is 10.2. The average molecular weight is 404 g/mol. The average Bonchev–Trinajstić information content (AvgIpc) is 3.24. The van der Waals surface area contributed by atoms with E-state index in [0.717, 1.165) is 11.5 Å². The highest BCUT2D eigenvalue weighted by Gasteiger charge is 2.21. The van der Waals surface area contributed by atoms with Gasteiger partial charge in [-0.15, -0.1) is 0 Å². The first-order valence-corrected chi connectivity index (χ1v) is 8.44. The molecule has 3 heterocycles. The summed E-state index contributed by atoms with van der Waals surface area (Å²) in [5, 5.41) is 6.98. The lowest BCUT2D eigenvalue weighted by Gasteiger charge is -2.26. The van der Waals surface area contributed by atoms with E-state index in [1.54, 1.807) is 29.2 Å². The Bertz CT molecular complexity index is 905. The molecule has 2 aromatic heterocycles. The van der Waals surface area contributed by atoms with Crippen LogP contribution < -0.4 is 14.8 Å². The van der Waals surface area contributed by atoms with Crippen LogP contribution in [0.1, 0.15) is 10.6 Å². The van der Waals surface area contributed by atoms with E-state index in [4.69, 9.17) is 13.9 Å². The molecule has 0 aliphatic carbocycles. The fourth-order valence-electron chi connectivity index (χ4n) is 2.52. The molecule has 25 heavy (non-hydrogen) atoms. The second-order valence-corrected chi connectivity index (χ2v) is 6.29. The molecule has 8 heteroatoms. The van der Waals surface area contributed by atoms with E-state index in [1.807, 2.05) is 24.3 Å². The van der Waals surface area contributed by atoms with Crippen molar-refractivity contribution in [2.75, 3.05) is 11.9 Å². The highest BCUT2D eigenvalue weighted by molar-refractivity contribution is 9.10. The van der Waals surface area contributed by atoms with Gasteiger partial charge in [-0.3, -0.25) is 9.48 Å². The van der Waals surface area contributed by atoms with Crippen molar-refractivity contribution in [3.05, 3.63) is 59.2 Å². The standard InChI is InChI=1S/C17H14BrN3O4/c18-16-6-5-15(25-16)17(22)20-11-7-19-21(8-11)9-12-10-23-13-3-1-2-4-14(13)24-12/h1-8,12H,9-10H2,(H,20,22). The minimum atomic E-state index is -0.337. The molecule has 1 amide bonds. The predicted octanol–water partition coefficient (Wildman–Crippen LogP) is 3.33. The van der Waals surface area contributed by atoms with Crippen molar-refractivity contribution in [2.45, 2.75) is 12.6 Å². The molecule has 1 atom stereocenters. The zero-order chi connectivity index (χ0) is 17.2. The molecule has 1 unspecified atom stereocenters. The summed E-state index contributed by atoms with van der Waals surface area (Å²) < 4.78 is 19.0. The van der Waals surface area contributed by atoms with E-state index in [1.165, 1.54) is 0 Å². The first-order chi connectivity index (χ1) is 12.2. The van der Waals surface area contributed by atoms with Crippen molar-refractivity contribution in [3.63, 3.8) is 0 Å². The number of amides is 1. The normalized spacial score (nSPS) is 15.8. The number of benzene rings is 1. The van der Waals surface area contributed by atoms with Crippen molar-refractivity contribution >= 4 is 27.5 Å². The molecule has 128 valence electrons. The van der Waals surface area contributed by atoms with Gasteiger partial charge in [0.2, 0.25) is 0 Å². The summed E-state index contributed by atoms with van der Waals surface area (Å²) in [6.07, 6.45) is 3.16. The van der Waals surface area contributed by atoms with Crippen LogP contribution in [0.4, 0.5) is 5.69 Å². The Balaban J connectivity index is 1.38. The van der Waals surface area contributed by atoms with Crippen molar-refractivity contribution in [1.82, 2.24) is 9.78 Å². The second-order valence-electron chi connectivity index (χ2n) is 5.51. The van der Waals surface area contributed by atoms with Crippen LogP contribution >= 0.6 is 15.9 Å². The van der Waals surface area contributed by atoms with Crippen LogP contribution in [0.15, 0.2) is 57.9 Å². The summed E-state index contributed by atoms with van der Waals surface area (Å²) in [5.74, 6) is 1.36. The lowest BCUT2D eigenvalue weighted by Crippen LogP contribution is -2.33. The monoisotopic (exact) mass is 403 g/mol. The first-order valence-electron chi connectivity index (χ1n) is 7.65. The zero-order valence-corrected chi connectivity index (χ0v) is 14.6. The largest absolute Gasteiger partial charge is 0.486 e. The predicted molar refractivity (Wildman–Crippen MR) is 92.9 cm³/mol. The molecule has 1 aromatic carbocycles. The molecule has 0 saturated carbocycles. The van der Waals surface area contributed by atoms with Gasteiger partial charge in [-0.1, -0.05) is 12.1 Å². The maximum Gasteiger partial charge on any atom is 0.291 e. The fourth-order valence-corrected chi connectivity index (χ4v) is 2.83. The van der Waals surface area contributed by atoms with Crippen molar-refractivity contribution in [2.24, 2.45) is 0 Å². The minimum Gasteiger partial charge on any atom is -0.486 e. The van der Waals surface area contributed by atoms with Crippen LogP contribution in [-0.2, 0) is 6.54 Å². The summed E-state index contributed by atoms with van der Waals surface area (Å²) in [6.45, 7) is 0.954. The maximum atomic E-state index is 12.1. The minimum absolute atomic E-state index is 0.153. The summed E-state index contributed by atoms with van der Waals surface area (Å²) in [5.41, 5.74) is 0.578. The van der Waals surface area contributed by atoms with Crippen LogP contribution in [0.2, 0.25) is 0 Å². The van der Waals surface area contributed by atoms with Crippen LogP contribution in [0, 0.1) is 0 Å². The number of nitrogens with one attached hydrogen (secondary N) is 1. The molecule has 0 saturated heterocycles. The van der Waals surface area contributed by atoms with Gasteiger partial charge >= 0.3 is 0 Å². The number of ether oxygens (including phenoxy) is 2. The van der Waals surface area contributed by atoms with Crippen molar-refractivity contribution in [1.29, 1.82) is 0 Å². The van der Waals surface area contributed by atoms with Crippen molar-refractivity contribution < 1.29 is 18.7 Å². The number of furan rings is 1. The third-order valence-electron chi connectivity index (χ3n) is 3.65. The topological polar surface area (TPSA) is 78.5 Å². The Morgan fingerprint density at radius 3 is 2.92 bits per heavy atom. The third-order valence-corrected chi connectivity index (χ3v) is 4.07. The van der Waals surface area contributed by atoms with Gasteiger partial charge in [0.25, 0.3) is 5.91 Å². The SMILES string of the molecule is O=C(Nc1cnn(CC2COc3ccccc3O2)c1)c1ccc(Br)o1. The molecule has 0 spiro atoms. The van der Waals surface area contributed by atoms with Gasteiger partial charge in [-0.2, -0.15) is 5.10 Å². The highest BCUT2D eigenvalue weighted by Crippen LogP contribution is 2.31. The van der Waals surface area contributed by atoms with Gasteiger partial charge in [0, 0.05) is 6.20 Å². The van der Waals surface area contributed by atoms with Crippen LogP contribution in [-0.4, -0.2) is 28.4 Å². The van der Waals surface area contributed by atoms with Gasteiger partial charge in [0.1, 0.15) is 6.61 Å². The van der Waals surface area contributed by atoms with Gasteiger partial charge in [-0.05, 0) is 40.2 Å². The smallest absolute Gasteiger partial charge is 0.291 e. The summed E-state index contributed by atoms with van der Waals surface area (Å²) in [6, 6.07) is 10.8. The Labute approximate surface area is 151 Å². The molecular weight excluding hydrogens is 390 g/mol. The number of hydrogen-bond acceptors (Lipinski definition) is 5. The number of para-hydroxylation sites is 2. The number of fused-ring (bicyclic) bond motifs is 1. The zero-order valence-electron chi connectivity index (χ0n) is 13.0. The number of carbonyl (C=O) groups is 1. The molecule has 1 aliphatic rings. The number of aromatic nitrogens is 2. The van der Waals surface area contributed by atoms with Gasteiger partial charge < -0.3 is 19.2 Å². The second kappa shape index (κ2) is 6.64. The number of carbonyl (C=O) groups excluding carboxylic acids is 1. The van der Waals surface area contributed by atoms with E-state index < -0.39 is 0 Å². The van der Waals surface area contributed by atoms with Crippen LogP contribution in [0.25, 0.3) is 0 Å². The number of anilines is 1. The van der Waals surface area contributed by atoms with Crippen molar-refractivity contribution in [3.8, 4) is 11.5 Å². The summed E-state index contributed by atoms with van der Waals surface area (Å²) in [4.78, 5) is 12.1. The van der Waals surface area contributed by atoms with Gasteiger partial charge in [0.15, 0.2) is 28.0 Å². The van der Waals surface area contributed by atoms with E-state index in [2.05, 4.69) is 26.3 Å². The fraction of sp³-hybridized carbons (Fsp3) is 0.176. The molecule has 3 aromatic rings. The molecule has 0 bridgehead atoms. The van der Waals surface area contributed by atoms with Gasteiger partial charge in [0.05, 0.1) is 18.4 Å². The van der Waals surface area contributed by atoms with Crippen LogP contribution in [0.3, 0.4) is 0 Å². The van der Waals surface area contributed by atoms with Gasteiger partial charge in [-0.25, -0.2) is 0 Å². The molecule has 7 nitrogen and oxygen atoms in total. The molecule has 4 rings (SSSR count). The molecule has 0 radical (unpaired) electrons. The van der Waals surface area contributed by atoms with E-state index >= 15 is 0 Å². The Morgan fingerprint density at radius 2 is 2.12 bits per heavy atom. The maximum absolute atomic E-state index is 12.1. The number of hydrogen-bond donors (Lipinski definition) is 1. The molecular formula is C17H14BrN3O4. The number of halogens is 1. The quantitative estimate of drug-likeness (QED) is 0.722. The van der Waals surface area contributed by atoms with E-state index in [-0.39, 0.29) is 17.8 Å². The molecule has 1 aliphatic heterocycles. The number of rotatable bonds is 4. The van der Waals surface area contributed by atoms with Crippen LogP contribution in [0.5, 0.6) is 11.5 Å². The lowest BCUT2D eigenvalue weighted by molar-refractivity contribution is 0.0759. The number of nitrogens with zero attached hydrogens (tertiary/aromatic N) is 2. The highest BCUT2D eigenvalue weighted by atomic mass is 79.9. The summed E-state index contributed by atoms with van der Waals surface area (Å²) >= 11 is 3.17. The molecule has 0 fully saturated rings. The summed E-state index contributed by atoms with van der Waals surface area (Å²) in [7, 11) is 0. The molecule has 1 N–H and O–H groups in total. The van der Waals surface area contributed by atoms with E-state index in [9.17, 15) is 4.79 Å². The Morgan fingerprint density at radius 1 is 1.28 bits per heavy atom. The van der Waals surface area contributed by atoms with E-state index in [0.29, 0.717) is 23.5 Å². The Kier molecular flexibility index (Phi) is 4.19. The Hall–Kier alpha value is -2.74. The first kappa shape index (κ1) is 15.8. The third kappa shape index (κ3) is 3.53.